The normalized spacial score (nSPS) is 10.9. The van der Waals surface area contributed by atoms with Gasteiger partial charge in [-0.05, 0) is 58.3 Å². The van der Waals surface area contributed by atoms with Crippen molar-refractivity contribution in [3.8, 4) is 0 Å². The second-order valence-corrected chi connectivity index (χ2v) is 5.41. The van der Waals surface area contributed by atoms with Crippen molar-refractivity contribution in [2.24, 2.45) is 0 Å². The summed E-state index contributed by atoms with van der Waals surface area (Å²) in [7, 11) is 0. The number of aromatic nitrogens is 1. The maximum Gasteiger partial charge on any atom is 0.0456 e. The molecule has 1 nitrogen and oxygen atoms in total. The van der Waals surface area contributed by atoms with Gasteiger partial charge in [0.2, 0.25) is 0 Å². The highest BCUT2D eigenvalue weighted by Crippen LogP contribution is 2.21. The molecule has 0 unspecified atom stereocenters. The highest BCUT2D eigenvalue weighted by atomic mass is 127. The van der Waals surface area contributed by atoms with E-state index in [0.29, 0.717) is 0 Å². The van der Waals surface area contributed by atoms with E-state index in [4.69, 9.17) is 0 Å². The zero-order valence-electron chi connectivity index (χ0n) is 9.28. The van der Waals surface area contributed by atoms with Crippen LogP contribution < -0.4 is 0 Å². The molecule has 0 amide bonds. The molecule has 0 aliphatic heterocycles. The third-order valence-electron chi connectivity index (χ3n) is 2.98. The van der Waals surface area contributed by atoms with Crippen molar-refractivity contribution in [1.29, 1.82) is 0 Å². The Morgan fingerprint density at radius 2 is 1.71 bits per heavy atom. The summed E-state index contributed by atoms with van der Waals surface area (Å²) in [6.45, 7) is 0. The van der Waals surface area contributed by atoms with E-state index in [1.54, 1.807) is 0 Å². The van der Waals surface area contributed by atoms with E-state index in [0.717, 1.165) is 6.42 Å². The lowest BCUT2D eigenvalue weighted by atomic mass is 10.0. The van der Waals surface area contributed by atoms with Gasteiger partial charge in [0, 0.05) is 20.7 Å². The summed E-state index contributed by atoms with van der Waals surface area (Å²) < 4.78 is 1.28. The number of benzene rings is 2. The molecule has 0 aliphatic carbocycles. The number of hydrogen-bond donors (Lipinski definition) is 1. The molecule has 0 radical (unpaired) electrons. The van der Waals surface area contributed by atoms with Crippen molar-refractivity contribution >= 4 is 33.5 Å². The number of fused-ring (bicyclic) bond motifs is 1. The van der Waals surface area contributed by atoms with E-state index in [1.165, 1.54) is 25.6 Å². The lowest BCUT2D eigenvalue weighted by molar-refractivity contribution is 1.20. The Labute approximate surface area is 114 Å². The fourth-order valence-corrected chi connectivity index (χ4v) is 2.46. The highest BCUT2D eigenvalue weighted by molar-refractivity contribution is 14.1. The average molecular weight is 333 g/mol. The molecule has 0 aliphatic rings. The molecular weight excluding hydrogens is 321 g/mol. The van der Waals surface area contributed by atoms with Gasteiger partial charge < -0.3 is 4.98 Å². The molecule has 0 bridgehead atoms. The number of nitrogens with one attached hydrogen (secondary N) is 1. The minimum atomic E-state index is 0.987. The van der Waals surface area contributed by atoms with Crippen molar-refractivity contribution < 1.29 is 0 Å². The maximum atomic E-state index is 3.32. The van der Waals surface area contributed by atoms with Gasteiger partial charge >= 0.3 is 0 Å². The molecule has 0 saturated heterocycles. The predicted octanol–water partition coefficient (Wildman–Crippen LogP) is 4.36. The molecular formula is C15H12IN. The number of hydrogen-bond acceptors (Lipinski definition) is 0. The fraction of sp³-hybridized carbons (Fsp3) is 0.0667. The quantitative estimate of drug-likeness (QED) is 0.671. The molecule has 0 fully saturated rings. The first-order chi connectivity index (χ1) is 8.33. The van der Waals surface area contributed by atoms with E-state index >= 15 is 0 Å². The monoisotopic (exact) mass is 333 g/mol. The molecule has 1 N–H and O–H groups in total. The van der Waals surface area contributed by atoms with Gasteiger partial charge in [0.25, 0.3) is 0 Å². The average Bonchev–Trinajstić information content (AvgIpc) is 2.76. The Morgan fingerprint density at radius 1 is 0.941 bits per heavy atom. The first-order valence-corrected chi connectivity index (χ1v) is 6.70. The maximum absolute atomic E-state index is 3.32. The third kappa shape index (κ3) is 2.22. The van der Waals surface area contributed by atoms with Crippen LogP contribution in [0, 0.1) is 3.57 Å². The second-order valence-electron chi connectivity index (χ2n) is 4.16. The Balaban J connectivity index is 1.97. The van der Waals surface area contributed by atoms with Gasteiger partial charge in [0.05, 0.1) is 0 Å². The van der Waals surface area contributed by atoms with Gasteiger partial charge in [-0.3, -0.25) is 0 Å². The SMILES string of the molecule is Ic1ccc(Cc2c[nH]c3ccccc23)cc1. The van der Waals surface area contributed by atoms with Crippen molar-refractivity contribution in [3.63, 3.8) is 0 Å². The van der Waals surface area contributed by atoms with Crippen molar-refractivity contribution in [2.45, 2.75) is 6.42 Å². The minimum absolute atomic E-state index is 0.987. The molecule has 3 rings (SSSR count). The largest absolute Gasteiger partial charge is 0.361 e. The first kappa shape index (κ1) is 10.8. The van der Waals surface area contributed by atoms with Crippen molar-refractivity contribution in [2.75, 3.05) is 0 Å². The van der Waals surface area contributed by atoms with Crippen LogP contribution in [-0.4, -0.2) is 4.98 Å². The van der Waals surface area contributed by atoms with Crippen molar-refractivity contribution in [1.82, 2.24) is 4.98 Å². The zero-order chi connectivity index (χ0) is 11.7. The molecule has 1 aromatic heterocycles. The molecule has 0 atom stereocenters. The predicted molar refractivity (Wildman–Crippen MR) is 80.3 cm³/mol. The van der Waals surface area contributed by atoms with Crippen LogP contribution in [0.1, 0.15) is 11.1 Å². The Morgan fingerprint density at radius 3 is 2.53 bits per heavy atom. The van der Waals surface area contributed by atoms with Gasteiger partial charge in [-0.25, -0.2) is 0 Å². The van der Waals surface area contributed by atoms with Crippen LogP contribution in [0.5, 0.6) is 0 Å². The number of para-hydroxylation sites is 1. The summed E-state index contributed by atoms with van der Waals surface area (Å²) in [5, 5.41) is 1.33. The Bertz CT molecular complexity index is 637. The number of H-pyrrole nitrogens is 1. The fourth-order valence-electron chi connectivity index (χ4n) is 2.10. The molecule has 2 heteroatoms. The highest BCUT2D eigenvalue weighted by Gasteiger charge is 2.03. The van der Waals surface area contributed by atoms with Gasteiger partial charge in [-0.2, -0.15) is 0 Å². The standard InChI is InChI=1S/C15H12IN/c16-13-7-5-11(6-8-13)9-12-10-17-15-4-2-1-3-14(12)15/h1-8,10,17H,9H2. The summed E-state index contributed by atoms with van der Waals surface area (Å²) in [5.41, 5.74) is 3.94. The van der Waals surface area contributed by atoms with Gasteiger partial charge in [-0.15, -0.1) is 0 Å². The molecule has 2 aromatic carbocycles. The summed E-state index contributed by atoms with van der Waals surface area (Å²) in [6.07, 6.45) is 3.10. The number of rotatable bonds is 2. The topological polar surface area (TPSA) is 15.8 Å². The lowest BCUT2D eigenvalue weighted by Crippen LogP contribution is -1.86. The Hall–Kier alpha value is -1.29. The van der Waals surface area contributed by atoms with Crippen molar-refractivity contribution in [3.05, 3.63) is 69.4 Å². The van der Waals surface area contributed by atoms with Crippen LogP contribution in [0.4, 0.5) is 0 Å². The summed E-state index contributed by atoms with van der Waals surface area (Å²) in [6, 6.07) is 17.2. The van der Waals surface area contributed by atoms with E-state index < -0.39 is 0 Å². The molecule has 1 heterocycles. The van der Waals surface area contributed by atoms with E-state index in [9.17, 15) is 0 Å². The van der Waals surface area contributed by atoms with Crippen LogP contribution in [0.25, 0.3) is 10.9 Å². The number of halogens is 1. The number of aromatic amines is 1. The molecule has 0 spiro atoms. The second kappa shape index (κ2) is 4.53. The lowest BCUT2D eigenvalue weighted by Gasteiger charge is -2.00. The van der Waals surface area contributed by atoms with Gasteiger partial charge in [-0.1, -0.05) is 30.3 Å². The van der Waals surface area contributed by atoms with Crippen LogP contribution in [0.15, 0.2) is 54.7 Å². The smallest absolute Gasteiger partial charge is 0.0456 e. The third-order valence-corrected chi connectivity index (χ3v) is 3.70. The van der Waals surface area contributed by atoms with Gasteiger partial charge in [0.15, 0.2) is 0 Å². The molecule has 3 aromatic rings. The molecule has 17 heavy (non-hydrogen) atoms. The van der Waals surface area contributed by atoms with E-state index in [1.807, 2.05) is 0 Å². The van der Waals surface area contributed by atoms with Crippen LogP contribution in [0.2, 0.25) is 0 Å². The zero-order valence-corrected chi connectivity index (χ0v) is 11.4. The molecule has 84 valence electrons. The Kier molecular flexibility index (Phi) is 2.89. The van der Waals surface area contributed by atoms with Crippen LogP contribution in [-0.2, 0) is 6.42 Å². The summed E-state index contributed by atoms with van der Waals surface area (Å²) in [4.78, 5) is 3.32. The minimum Gasteiger partial charge on any atom is -0.361 e. The van der Waals surface area contributed by atoms with E-state index in [-0.39, 0.29) is 0 Å². The first-order valence-electron chi connectivity index (χ1n) is 5.62. The van der Waals surface area contributed by atoms with Crippen LogP contribution in [0.3, 0.4) is 0 Å². The van der Waals surface area contributed by atoms with E-state index in [2.05, 4.69) is 82.3 Å². The summed E-state index contributed by atoms with van der Waals surface area (Å²) >= 11 is 2.33. The molecule has 0 saturated carbocycles. The van der Waals surface area contributed by atoms with Crippen LogP contribution >= 0.6 is 22.6 Å². The summed E-state index contributed by atoms with van der Waals surface area (Å²) in [5.74, 6) is 0. The van der Waals surface area contributed by atoms with Gasteiger partial charge in [0.1, 0.15) is 0 Å².